The van der Waals surface area contributed by atoms with Gasteiger partial charge in [-0.1, -0.05) is 42.5 Å². The second kappa shape index (κ2) is 8.74. The largest absolute Gasteiger partial charge is 0.370 e. The number of piperazine rings is 1. The highest BCUT2D eigenvalue weighted by Gasteiger charge is 2.19. The second-order valence-electron chi connectivity index (χ2n) is 7.22. The van der Waals surface area contributed by atoms with Crippen molar-refractivity contribution in [2.24, 2.45) is 0 Å². The monoisotopic (exact) mass is 373 g/mol. The first-order chi connectivity index (χ1) is 13.8. The number of aryl methyl sites for hydroxylation is 1. The molecule has 4 rings (SSSR count). The number of aromatic nitrogens is 2. The molecule has 0 radical (unpaired) electrons. The summed E-state index contributed by atoms with van der Waals surface area (Å²) in [4.78, 5) is 13.9. The maximum Gasteiger partial charge on any atom is 0.227 e. The third-order valence-corrected chi connectivity index (χ3v) is 5.13. The molecule has 0 amide bonds. The second-order valence-corrected chi connectivity index (χ2v) is 7.22. The summed E-state index contributed by atoms with van der Waals surface area (Å²) in [6.45, 7) is 6.84. The number of anilines is 3. The summed E-state index contributed by atoms with van der Waals surface area (Å²) in [7, 11) is 0. The molecule has 5 nitrogen and oxygen atoms in total. The first kappa shape index (κ1) is 18.3. The molecule has 1 aromatic heterocycles. The van der Waals surface area contributed by atoms with Gasteiger partial charge >= 0.3 is 0 Å². The molecule has 1 fully saturated rings. The van der Waals surface area contributed by atoms with Crippen LogP contribution in [0.5, 0.6) is 0 Å². The van der Waals surface area contributed by atoms with Gasteiger partial charge in [0.15, 0.2) is 0 Å². The minimum absolute atomic E-state index is 0.814. The van der Waals surface area contributed by atoms with Gasteiger partial charge in [-0.25, -0.2) is 4.98 Å². The van der Waals surface area contributed by atoms with E-state index in [1.54, 1.807) is 0 Å². The minimum atomic E-state index is 0.814. The molecule has 144 valence electrons. The van der Waals surface area contributed by atoms with Gasteiger partial charge in [0, 0.05) is 44.6 Å². The van der Waals surface area contributed by atoms with E-state index in [0.29, 0.717) is 0 Å². The molecule has 2 heterocycles. The third-order valence-electron chi connectivity index (χ3n) is 5.13. The molecule has 2 aromatic carbocycles. The lowest BCUT2D eigenvalue weighted by Crippen LogP contribution is -2.47. The van der Waals surface area contributed by atoms with Crippen molar-refractivity contribution in [3.05, 3.63) is 78.0 Å². The van der Waals surface area contributed by atoms with Gasteiger partial charge in [0.1, 0.15) is 5.82 Å². The quantitative estimate of drug-likeness (QED) is 0.713. The third kappa shape index (κ3) is 4.60. The van der Waals surface area contributed by atoms with Crippen molar-refractivity contribution in [1.29, 1.82) is 0 Å². The van der Waals surface area contributed by atoms with E-state index in [2.05, 4.69) is 75.6 Å². The number of rotatable bonds is 6. The SMILES string of the molecule is Cc1cccc(N2CCN(c3nccc(NCCc4ccccc4)n3)CC2)c1. The van der Waals surface area contributed by atoms with E-state index in [1.807, 2.05) is 18.3 Å². The number of hydrogen-bond acceptors (Lipinski definition) is 5. The molecule has 1 aliphatic rings. The lowest BCUT2D eigenvalue weighted by Gasteiger charge is -2.36. The summed E-state index contributed by atoms with van der Waals surface area (Å²) < 4.78 is 0. The fourth-order valence-corrected chi connectivity index (χ4v) is 3.57. The van der Waals surface area contributed by atoms with Gasteiger partial charge in [-0.05, 0) is 42.7 Å². The van der Waals surface area contributed by atoms with Crippen molar-refractivity contribution in [3.63, 3.8) is 0 Å². The van der Waals surface area contributed by atoms with Crippen LogP contribution in [0.15, 0.2) is 66.9 Å². The van der Waals surface area contributed by atoms with Crippen molar-refractivity contribution < 1.29 is 0 Å². The fraction of sp³-hybridized carbons (Fsp3) is 0.304. The van der Waals surface area contributed by atoms with Gasteiger partial charge in [0.05, 0.1) is 0 Å². The van der Waals surface area contributed by atoms with Crippen molar-refractivity contribution >= 4 is 17.5 Å². The highest BCUT2D eigenvalue weighted by Crippen LogP contribution is 2.20. The zero-order valence-electron chi connectivity index (χ0n) is 16.4. The van der Waals surface area contributed by atoms with Crippen LogP contribution in [-0.4, -0.2) is 42.7 Å². The summed E-state index contributed by atoms with van der Waals surface area (Å²) in [5, 5.41) is 3.43. The molecule has 28 heavy (non-hydrogen) atoms. The van der Waals surface area contributed by atoms with E-state index >= 15 is 0 Å². The molecule has 0 saturated carbocycles. The Hall–Kier alpha value is -3.08. The van der Waals surface area contributed by atoms with Crippen LogP contribution in [-0.2, 0) is 6.42 Å². The molecule has 0 unspecified atom stereocenters. The Morgan fingerprint density at radius 3 is 2.46 bits per heavy atom. The van der Waals surface area contributed by atoms with Gasteiger partial charge in [0.25, 0.3) is 0 Å². The summed E-state index contributed by atoms with van der Waals surface area (Å²) >= 11 is 0. The van der Waals surface area contributed by atoms with Crippen LogP contribution in [0.2, 0.25) is 0 Å². The molecule has 5 heteroatoms. The van der Waals surface area contributed by atoms with Crippen molar-refractivity contribution in [1.82, 2.24) is 9.97 Å². The average molecular weight is 374 g/mol. The Morgan fingerprint density at radius 2 is 1.68 bits per heavy atom. The highest BCUT2D eigenvalue weighted by molar-refractivity contribution is 5.50. The Balaban J connectivity index is 1.32. The normalized spacial score (nSPS) is 14.2. The van der Waals surface area contributed by atoms with Crippen molar-refractivity contribution in [2.45, 2.75) is 13.3 Å². The van der Waals surface area contributed by atoms with Gasteiger partial charge in [-0.3, -0.25) is 0 Å². The molecule has 0 atom stereocenters. The standard InChI is InChI=1S/C23H27N5/c1-19-6-5-9-21(18-19)27-14-16-28(17-15-27)23-25-13-11-22(26-23)24-12-10-20-7-3-2-4-8-20/h2-9,11,13,18H,10,12,14-17H2,1H3,(H,24,25,26). The van der Waals surface area contributed by atoms with E-state index in [9.17, 15) is 0 Å². The molecule has 0 bridgehead atoms. The van der Waals surface area contributed by atoms with E-state index in [0.717, 1.165) is 50.9 Å². The summed E-state index contributed by atoms with van der Waals surface area (Å²) in [5.41, 5.74) is 3.94. The predicted molar refractivity (Wildman–Crippen MR) is 116 cm³/mol. The summed E-state index contributed by atoms with van der Waals surface area (Å²) in [6, 6.07) is 21.2. The lowest BCUT2D eigenvalue weighted by molar-refractivity contribution is 0.640. The van der Waals surface area contributed by atoms with E-state index in [4.69, 9.17) is 4.98 Å². The van der Waals surface area contributed by atoms with Gasteiger partial charge < -0.3 is 15.1 Å². The van der Waals surface area contributed by atoms with Gasteiger partial charge in [-0.15, -0.1) is 0 Å². The zero-order valence-corrected chi connectivity index (χ0v) is 16.4. The first-order valence-electron chi connectivity index (χ1n) is 9.95. The molecule has 3 aromatic rings. The molecule has 1 saturated heterocycles. The molecule has 0 aliphatic carbocycles. The number of hydrogen-bond donors (Lipinski definition) is 1. The Labute approximate surface area is 167 Å². The van der Waals surface area contributed by atoms with Crippen LogP contribution in [0.3, 0.4) is 0 Å². The number of benzene rings is 2. The minimum Gasteiger partial charge on any atom is -0.370 e. The number of nitrogens with one attached hydrogen (secondary N) is 1. The Kier molecular flexibility index (Phi) is 5.71. The Bertz CT molecular complexity index is 888. The molecule has 0 spiro atoms. The maximum atomic E-state index is 4.72. The van der Waals surface area contributed by atoms with Gasteiger partial charge in [0.2, 0.25) is 5.95 Å². The van der Waals surface area contributed by atoms with E-state index in [-0.39, 0.29) is 0 Å². The van der Waals surface area contributed by atoms with Crippen molar-refractivity contribution in [2.75, 3.05) is 47.8 Å². The molecule has 1 N–H and O–H groups in total. The molecule has 1 aliphatic heterocycles. The first-order valence-corrected chi connectivity index (χ1v) is 9.95. The smallest absolute Gasteiger partial charge is 0.227 e. The number of nitrogens with zero attached hydrogens (tertiary/aromatic N) is 4. The van der Waals surface area contributed by atoms with Crippen LogP contribution in [0.4, 0.5) is 17.5 Å². The van der Waals surface area contributed by atoms with E-state index < -0.39 is 0 Å². The Morgan fingerprint density at radius 1 is 0.893 bits per heavy atom. The van der Waals surface area contributed by atoms with Crippen LogP contribution < -0.4 is 15.1 Å². The van der Waals surface area contributed by atoms with Crippen LogP contribution in [0.25, 0.3) is 0 Å². The molecular weight excluding hydrogens is 346 g/mol. The summed E-state index contributed by atoms with van der Waals surface area (Å²) in [6.07, 6.45) is 2.83. The van der Waals surface area contributed by atoms with Gasteiger partial charge in [-0.2, -0.15) is 4.98 Å². The highest BCUT2D eigenvalue weighted by atomic mass is 15.3. The van der Waals surface area contributed by atoms with Crippen LogP contribution in [0.1, 0.15) is 11.1 Å². The lowest BCUT2D eigenvalue weighted by atomic mass is 10.1. The zero-order chi connectivity index (χ0) is 19.2. The van der Waals surface area contributed by atoms with Crippen LogP contribution in [0, 0.1) is 6.92 Å². The van der Waals surface area contributed by atoms with Crippen molar-refractivity contribution in [3.8, 4) is 0 Å². The summed E-state index contributed by atoms with van der Waals surface area (Å²) in [5.74, 6) is 1.70. The molecular formula is C23H27N5. The van der Waals surface area contributed by atoms with E-state index in [1.165, 1.54) is 16.8 Å². The fourth-order valence-electron chi connectivity index (χ4n) is 3.57. The topological polar surface area (TPSA) is 44.3 Å². The average Bonchev–Trinajstić information content (AvgIpc) is 2.75. The maximum absolute atomic E-state index is 4.72. The van der Waals surface area contributed by atoms with Crippen LogP contribution >= 0.6 is 0 Å². The predicted octanol–water partition coefficient (Wildman–Crippen LogP) is 3.77.